The van der Waals surface area contributed by atoms with E-state index in [0.29, 0.717) is 5.89 Å². The number of rotatable bonds is 2. The summed E-state index contributed by atoms with van der Waals surface area (Å²) in [4.78, 5) is 6.21. The van der Waals surface area contributed by atoms with Crippen molar-refractivity contribution in [2.75, 3.05) is 5.73 Å². The van der Waals surface area contributed by atoms with Crippen molar-refractivity contribution >= 4 is 17.3 Å². The van der Waals surface area contributed by atoms with E-state index in [1.165, 1.54) is 4.88 Å². The van der Waals surface area contributed by atoms with Crippen LogP contribution in [0, 0.1) is 0 Å². The van der Waals surface area contributed by atoms with Crippen molar-refractivity contribution in [1.82, 2.24) is 10.1 Å². The summed E-state index contributed by atoms with van der Waals surface area (Å²) >= 11 is 1.65. The minimum Gasteiger partial charge on any atom is -0.365 e. The molecule has 0 saturated heterocycles. The number of thiophene rings is 1. The highest BCUT2D eigenvalue weighted by Gasteiger charge is 2.08. The summed E-state index contributed by atoms with van der Waals surface area (Å²) in [6, 6.07) is 4.02. The third-order valence-corrected chi connectivity index (χ3v) is 2.88. The van der Waals surface area contributed by atoms with E-state index in [2.05, 4.69) is 23.1 Å². The van der Waals surface area contributed by atoms with Gasteiger partial charge in [-0.05, 0) is 23.7 Å². The number of aryl methyl sites for hydroxylation is 1. The third-order valence-electron chi connectivity index (χ3n) is 1.66. The van der Waals surface area contributed by atoms with E-state index in [4.69, 9.17) is 10.3 Å². The summed E-state index contributed by atoms with van der Waals surface area (Å²) in [7, 11) is 0. The first-order valence-electron chi connectivity index (χ1n) is 3.98. The number of anilines is 1. The SMILES string of the molecule is CCc1ccc(-c2nc(N)no2)s1. The second-order valence-electron chi connectivity index (χ2n) is 2.58. The molecule has 0 radical (unpaired) electrons. The molecule has 0 bridgehead atoms. The molecule has 0 amide bonds. The van der Waals surface area contributed by atoms with Gasteiger partial charge < -0.3 is 10.3 Å². The van der Waals surface area contributed by atoms with Crippen LogP contribution in [0.1, 0.15) is 11.8 Å². The van der Waals surface area contributed by atoms with Crippen LogP contribution < -0.4 is 5.73 Å². The molecule has 68 valence electrons. The Labute approximate surface area is 79.4 Å². The lowest BCUT2D eigenvalue weighted by Crippen LogP contribution is -1.84. The molecule has 2 aromatic rings. The summed E-state index contributed by atoms with van der Waals surface area (Å²) in [6.45, 7) is 2.11. The van der Waals surface area contributed by atoms with Gasteiger partial charge in [0.2, 0.25) is 0 Å². The van der Waals surface area contributed by atoms with Crippen LogP contribution in [0.5, 0.6) is 0 Å². The Balaban J connectivity index is 2.35. The first-order chi connectivity index (χ1) is 6.29. The lowest BCUT2D eigenvalue weighted by atomic mass is 10.4. The molecule has 2 heterocycles. The fourth-order valence-corrected chi connectivity index (χ4v) is 1.89. The van der Waals surface area contributed by atoms with Crippen molar-refractivity contribution in [1.29, 1.82) is 0 Å². The zero-order chi connectivity index (χ0) is 9.26. The molecule has 2 N–H and O–H groups in total. The standard InChI is InChI=1S/C8H9N3OS/c1-2-5-3-4-6(13-5)7-10-8(9)11-12-7/h3-4H,2H2,1H3,(H2,9,11). The monoisotopic (exact) mass is 195 g/mol. The highest BCUT2D eigenvalue weighted by molar-refractivity contribution is 7.15. The lowest BCUT2D eigenvalue weighted by molar-refractivity contribution is 0.434. The second-order valence-corrected chi connectivity index (χ2v) is 3.75. The predicted molar refractivity (Wildman–Crippen MR) is 51.4 cm³/mol. The van der Waals surface area contributed by atoms with E-state index in [1.54, 1.807) is 11.3 Å². The van der Waals surface area contributed by atoms with Gasteiger partial charge in [0, 0.05) is 4.88 Å². The normalized spacial score (nSPS) is 10.5. The number of nitrogens with zero attached hydrogens (tertiary/aromatic N) is 2. The zero-order valence-corrected chi connectivity index (χ0v) is 7.97. The summed E-state index contributed by atoms with van der Waals surface area (Å²) in [5.74, 6) is 0.684. The molecule has 0 spiro atoms. The average Bonchev–Trinajstić information content (AvgIpc) is 2.71. The van der Waals surface area contributed by atoms with Crippen molar-refractivity contribution in [2.24, 2.45) is 0 Å². The van der Waals surface area contributed by atoms with Gasteiger partial charge in [-0.25, -0.2) is 0 Å². The quantitative estimate of drug-likeness (QED) is 0.795. The van der Waals surface area contributed by atoms with Gasteiger partial charge in [-0.3, -0.25) is 0 Å². The van der Waals surface area contributed by atoms with Crippen LogP contribution in [0.25, 0.3) is 10.8 Å². The van der Waals surface area contributed by atoms with Crippen LogP contribution >= 0.6 is 11.3 Å². The molecule has 2 aromatic heterocycles. The van der Waals surface area contributed by atoms with Crippen LogP contribution in [0.3, 0.4) is 0 Å². The summed E-state index contributed by atoms with van der Waals surface area (Å²) in [6.07, 6.45) is 1.02. The second kappa shape index (κ2) is 3.18. The zero-order valence-electron chi connectivity index (χ0n) is 7.15. The molecule has 4 nitrogen and oxygen atoms in total. The van der Waals surface area contributed by atoms with Crippen molar-refractivity contribution < 1.29 is 4.52 Å². The van der Waals surface area contributed by atoms with Gasteiger partial charge in [0.05, 0.1) is 4.88 Å². The van der Waals surface area contributed by atoms with E-state index in [1.807, 2.05) is 6.07 Å². The van der Waals surface area contributed by atoms with Gasteiger partial charge in [0.15, 0.2) is 0 Å². The number of aromatic nitrogens is 2. The molecule has 13 heavy (non-hydrogen) atoms. The molecule has 0 aliphatic carbocycles. The third kappa shape index (κ3) is 1.55. The Hall–Kier alpha value is -1.36. The van der Waals surface area contributed by atoms with E-state index in [0.717, 1.165) is 11.3 Å². The Morgan fingerprint density at radius 1 is 1.54 bits per heavy atom. The van der Waals surface area contributed by atoms with Gasteiger partial charge in [0.1, 0.15) is 0 Å². The first kappa shape index (κ1) is 8.25. The topological polar surface area (TPSA) is 64.9 Å². The molecule has 0 fully saturated rings. The van der Waals surface area contributed by atoms with Crippen LogP contribution in [-0.2, 0) is 6.42 Å². The highest BCUT2D eigenvalue weighted by atomic mass is 32.1. The number of nitrogens with two attached hydrogens (primary N) is 1. The summed E-state index contributed by atoms with van der Waals surface area (Å²) in [5.41, 5.74) is 5.34. The molecule has 0 unspecified atom stereocenters. The van der Waals surface area contributed by atoms with Crippen LogP contribution in [0.4, 0.5) is 5.95 Å². The van der Waals surface area contributed by atoms with E-state index >= 15 is 0 Å². The minimum atomic E-state index is 0.182. The first-order valence-corrected chi connectivity index (χ1v) is 4.79. The van der Waals surface area contributed by atoms with Crippen molar-refractivity contribution in [3.05, 3.63) is 17.0 Å². The van der Waals surface area contributed by atoms with E-state index in [9.17, 15) is 0 Å². The van der Waals surface area contributed by atoms with Crippen LogP contribution in [-0.4, -0.2) is 10.1 Å². The van der Waals surface area contributed by atoms with E-state index in [-0.39, 0.29) is 5.95 Å². The molecule has 0 saturated carbocycles. The fraction of sp³-hybridized carbons (Fsp3) is 0.250. The lowest BCUT2D eigenvalue weighted by Gasteiger charge is -1.84. The minimum absolute atomic E-state index is 0.182. The van der Waals surface area contributed by atoms with Gasteiger partial charge >= 0.3 is 0 Å². The molecule has 2 rings (SSSR count). The number of nitrogen functional groups attached to an aromatic ring is 1. The predicted octanol–water partition coefficient (Wildman–Crippen LogP) is 1.94. The largest absolute Gasteiger partial charge is 0.365 e. The summed E-state index contributed by atoms with van der Waals surface area (Å²) < 4.78 is 4.93. The molecule has 5 heteroatoms. The molecule has 0 aliphatic rings. The maximum absolute atomic E-state index is 5.34. The summed E-state index contributed by atoms with van der Waals surface area (Å²) in [5, 5.41) is 3.53. The van der Waals surface area contributed by atoms with Gasteiger partial charge in [-0.1, -0.05) is 6.92 Å². The smallest absolute Gasteiger partial charge is 0.269 e. The van der Waals surface area contributed by atoms with Crippen molar-refractivity contribution in [3.8, 4) is 10.8 Å². The van der Waals surface area contributed by atoms with Crippen molar-refractivity contribution in [2.45, 2.75) is 13.3 Å². The Kier molecular flexibility index (Phi) is 2.02. The Bertz CT molecular complexity index is 407. The maximum Gasteiger partial charge on any atom is 0.269 e. The Morgan fingerprint density at radius 3 is 2.92 bits per heavy atom. The number of hydrogen-bond donors (Lipinski definition) is 1. The van der Waals surface area contributed by atoms with Gasteiger partial charge in [0.25, 0.3) is 11.8 Å². The van der Waals surface area contributed by atoms with E-state index < -0.39 is 0 Å². The maximum atomic E-state index is 5.34. The molecule has 0 aliphatic heterocycles. The highest BCUT2D eigenvalue weighted by Crippen LogP contribution is 2.26. The van der Waals surface area contributed by atoms with Crippen LogP contribution in [0.2, 0.25) is 0 Å². The number of hydrogen-bond acceptors (Lipinski definition) is 5. The van der Waals surface area contributed by atoms with Crippen LogP contribution in [0.15, 0.2) is 16.7 Å². The van der Waals surface area contributed by atoms with Crippen molar-refractivity contribution in [3.63, 3.8) is 0 Å². The molecular formula is C8H9N3OS. The fourth-order valence-electron chi connectivity index (χ4n) is 1.02. The molecular weight excluding hydrogens is 186 g/mol. The Morgan fingerprint density at radius 2 is 2.38 bits per heavy atom. The average molecular weight is 195 g/mol. The van der Waals surface area contributed by atoms with Gasteiger partial charge in [-0.2, -0.15) is 4.98 Å². The van der Waals surface area contributed by atoms with Gasteiger partial charge in [-0.15, -0.1) is 11.3 Å². The molecule has 0 aromatic carbocycles. The molecule has 0 atom stereocenters.